The van der Waals surface area contributed by atoms with E-state index in [4.69, 9.17) is 10.5 Å². The number of nitrogens with two attached hydrogens (primary N) is 1. The number of rotatable bonds is 7. The van der Waals surface area contributed by atoms with Crippen molar-refractivity contribution in [3.8, 4) is 5.75 Å². The van der Waals surface area contributed by atoms with Crippen molar-refractivity contribution in [2.45, 2.75) is 77.5 Å². The molecule has 3 aromatic carbocycles. The van der Waals surface area contributed by atoms with E-state index in [1.807, 2.05) is 0 Å². The molecule has 3 aromatic rings. The SMILES string of the molecule is Cc1c(N)c(C)c(C(C)C)c2c1CC(C)(CNC1CCN(C(c3ccccc3)c3ccccc3)CC1)O2. The summed E-state index contributed by atoms with van der Waals surface area (Å²) in [6, 6.07) is 22.7. The fraction of sp³-hybridized carbons (Fsp3) is 0.455. The molecule has 0 saturated carbocycles. The molecule has 4 heteroatoms. The molecule has 196 valence electrons. The highest BCUT2D eigenvalue weighted by Crippen LogP contribution is 2.46. The number of ether oxygens (including phenoxy) is 1. The number of anilines is 1. The summed E-state index contributed by atoms with van der Waals surface area (Å²) in [6.45, 7) is 14.0. The zero-order valence-corrected chi connectivity index (χ0v) is 23.2. The first-order valence-electron chi connectivity index (χ1n) is 13.9. The van der Waals surface area contributed by atoms with E-state index in [1.54, 1.807) is 0 Å². The van der Waals surface area contributed by atoms with E-state index in [0.717, 1.165) is 50.3 Å². The summed E-state index contributed by atoms with van der Waals surface area (Å²) in [5.74, 6) is 1.48. The van der Waals surface area contributed by atoms with Crippen LogP contribution in [-0.2, 0) is 6.42 Å². The summed E-state index contributed by atoms with van der Waals surface area (Å²) in [5, 5.41) is 3.89. The van der Waals surface area contributed by atoms with Gasteiger partial charge in [-0.3, -0.25) is 4.90 Å². The van der Waals surface area contributed by atoms with E-state index in [9.17, 15) is 0 Å². The third-order valence-corrected chi connectivity index (χ3v) is 8.55. The number of nitrogens with one attached hydrogen (secondary N) is 1. The van der Waals surface area contributed by atoms with Crippen LogP contribution < -0.4 is 15.8 Å². The normalized spacial score (nSPS) is 20.4. The van der Waals surface area contributed by atoms with E-state index in [-0.39, 0.29) is 5.60 Å². The minimum atomic E-state index is -0.245. The maximum absolute atomic E-state index is 6.74. The molecule has 0 spiro atoms. The van der Waals surface area contributed by atoms with Crippen LogP contribution in [0.5, 0.6) is 5.75 Å². The summed E-state index contributed by atoms with van der Waals surface area (Å²) >= 11 is 0. The Morgan fingerprint density at radius 1 is 0.946 bits per heavy atom. The molecule has 5 rings (SSSR count). The largest absolute Gasteiger partial charge is 0.485 e. The molecule has 0 bridgehead atoms. The van der Waals surface area contributed by atoms with Crippen molar-refractivity contribution < 1.29 is 4.74 Å². The molecule has 1 saturated heterocycles. The maximum atomic E-state index is 6.74. The lowest BCUT2D eigenvalue weighted by molar-refractivity contribution is 0.0983. The highest BCUT2D eigenvalue weighted by atomic mass is 16.5. The van der Waals surface area contributed by atoms with Crippen LogP contribution in [0, 0.1) is 13.8 Å². The van der Waals surface area contributed by atoms with Crippen LogP contribution in [0.3, 0.4) is 0 Å². The van der Waals surface area contributed by atoms with E-state index >= 15 is 0 Å². The number of benzene rings is 3. The van der Waals surface area contributed by atoms with Gasteiger partial charge < -0.3 is 15.8 Å². The molecule has 37 heavy (non-hydrogen) atoms. The lowest BCUT2D eigenvalue weighted by atomic mass is 9.88. The van der Waals surface area contributed by atoms with Gasteiger partial charge in [0.2, 0.25) is 0 Å². The quantitative estimate of drug-likeness (QED) is 0.364. The Labute approximate surface area is 223 Å². The van der Waals surface area contributed by atoms with Gasteiger partial charge in [0, 0.05) is 48.9 Å². The lowest BCUT2D eigenvalue weighted by Crippen LogP contribution is -2.49. The van der Waals surface area contributed by atoms with Crippen molar-refractivity contribution in [1.29, 1.82) is 0 Å². The third kappa shape index (κ3) is 5.15. The lowest BCUT2D eigenvalue weighted by Gasteiger charge is -2.39. The van der Waals surface area contributed by atoms with Gasteiger partial charge in [-0.25, -0.2) is 0 Å². The predicted molar refractivity (Wildman–Crippen MR) is 154 cm³/mol. The van der Waals surface area contributed by atoms with Gasteiger partial charge in [0.25, 0.3) is 0 Å². The van der Waals surface area contributed by atoms with Crippen molar-refractivity contribution in [1.82, 2.24) is 10.2 Å². The van der Waals surface area contributed by atoms with Crippen molar-refractivity contribution in [2.24, 2.45) is 0 Å². The van der Waals surface area contributed by atoms with E-state index in [0.29, 0.717) is 18.0 Å². The van der Waals surface area contributed by atoms with Gasteiger partial charge in [-0.2, -0.15) is 0 Å². The van der Waals surface area contributed by atoms with Crippen molar-refractivity contribution in [3.05, 3.63) is 94.0 Å². The highest BCUT2D eigenvalue weighted by molar-refractivity contribution is 5.67. The second-order valence-electron chi connectivity index (χ2n) is 11.7. The molecule has 0 aliphatic carbocycles. The first kappa shape index (κ1) is 25.8. The van der Waals surface area contributed by atoms with Gasteiger partial charge >= 0.3 is 0 Å². The number of fused-ring (bicyclic) bond motifs is 1. The van der Waals surface area contributed by atoms with Crippen LogP contribution in [0.2, 0.25) is 0 Å². The standard InChI is InChI=1S/C33H43N3O/c1-22(2)29-24(4)30(34)23(3)28-20-33(5,37-32(28)29)21-35-27-16-18-36(19-17-27)31(25-12-8-6-9-13-25)26-14-10-7-11-15-26/h6-15,22,27,31,35H,16-21,34H2,1-5H3. The summed E-state index contributed by atoms with van der Waals surface area (Å²) in [7, 11) is 0. The molecule has 2 aliphatic heterocycles. The van der Waals surface area contributed by atoms with Gasteiger partial charge in [0.05, 0.1) is 6.04 Å². The molecule has 3 N–H and O–H groups in total. The Morgan fingerprint density at radius 3 is 2.05 bits per heavy atom. The average Bonchev–Trinajstić information content (AvgIpc) is 3.25. The van der Waals surface area contributed by atoms with Crippen molar-refractivity contribution >= 4 is 5.69 Å². The second kappa shape index (κ2) is 10.5. The zero-order chi connectivity index (χ0) is 26.2. The fourth-order valence-corrected chi connectivity index (χ4v) is 6.48. The van der Waals surface area contributed by atoms with Gasteiger partial charge in [-0.15, -0.1) is 0 Å². The van der Waals surface area contributed by atoms with Crippen LogP contribution in [0.4, 0.5) is 5.69 Å². The first-order valence-corrected chi connectivity index (χ1v) is 13.9. The molecule has 2 heterocycles. The molecule has 2 aliphatic rings. The first-order chi connectivity index (χ1) is 17.8. The molecule has 0 aromatic heterocycles. The molecule has 1 atom stereocenters. The van der Waals surface area contributed by atoms with Gasteiger partial charge in [0.15, 0.2) is 0 Å². The van der Waals surface area contributed by atoms with Crippen LogP contribution in [0.25, 0.3) is 0 Å². The van der Waals surface area contributed by atoms with Crippen molar-refractivity contribution in [2.75, 3.05) is 25.4 Å². The Kier molecular flexibility index (Phi) is 7.33. The maximum Gasteiger partial charge on any atom is 0.127 e. The van der Waals surface area contributed by atoms with Crippen molar-refractivity contribution in [3.63, 3.8) is 0 Å². The number of nitrogens with zero attached hydrogens (tertiary/aromatic N) is 1. The van der Waals surface area contributed by atoms with E-state index < -0.39 is 0 Å². The van der Waals surface area contributed by atoms with E-state index in [2.05, 4.69) is 105 Å². The Balaban J connectivity index is 1.24. The van der Waals surface area contributed by atoms with Crippen LogP contribution in [0.1, 0.15) is 79.0 Å². The monoisotopic (exact) mass is 497 g/mol. The van der Waals surface area contributed by atoms with Crippen LogP contribution in [-0.4, -0.2) is 36.2 Å². The summed E-state index contributed by atoms with van der Waals surface area (Å²) in [6.07, 6.45) is 3.19. The smallest absolute Gasteiger partial charge is 0.127 e. The number of hydrogen-bond donors (Lipinski definition) is 2. The Bertz CT molecular complexity index is 1180. The molecular formula is C33H43N3O. The Morgan fingerprint density at radius 2 is 1.51 bits per heavy atom. The Hall–Kier alpha value is -2.82. The van der Waals surface area contributed by atoms with Gasteiger partial charge in [-0.1, -0.05) is 74.5 Å². The number of nitrogen functional groups attached to an aromatic ring is 1. The number of piperidine rings is 1. The summed E-state index contributed by atoms with van der Waals surface area (Å²) in [5.41, 5.74) is 14.9. The minimum Gasteiger partial charge on any atom is -0.485 e. The zero-order valence-electron chi connectivity index (χ0n) is 23.2. The average molecular weight is 498 g/mol. The minimum absolute atomic E-state index is 0.245. The van der Waals surface area contributed by atoms with Crippen LogP contribution >= 0.6 is 0 Å². The number of hydrogen-bond acceptors (Lipinski definition) is 4. The fourth-order valence-electron chi connectivity index (χ4n) is 6.48. The molecule has 0 amide bonds. The summed E-state index contributed by atoms with van der Waals surface area (Å²) in [4.78, 5) is 2.65. The van der Waals surface area contributed by atoms with Crippen LogP contribution in [0.15, 0.2) is 60.7 Å². The second-order valence-corrected chi connectivity index (χ2v) is 11.7. The highest BCUT2D eigenvalue weighted by Gasteiger charge is 2.39. The van der Waals surface area contributed by atoms with E-state index in [1.165, 1.54) is 33.4 Å². The third-order valence-electron chi connectivity index (χ3n) is 8.55. The molecule has 1 fully saturated rings. The molecule has 4 nitrogen and oxygen atoms in total. The topological polar surface area (TPSA) is 50.5 Å². The van der Waals surface area contributed by atoms with Gasteiger partial charge in [-0.05, 0) is 61.8 Å². The molecular weight excluding hydrogens is 454 g/mol. The molecule has 1 unspecified atom stereocenters. The molecule has 0 radical (unpaired) electrons. The summed E-state index contributed by atoms with van der Waals surface area (Å²) < 4.78 is 6.74. The van der Waals surface area contributed by atoms with Gasteiger partial charge in [0.1, 0.15) is 11.4 Å². The number of likely N-dealkylation sites (tertiary alicyclic amines) is 1. The predicted octanol–water partition coefficient (Wildman–Crippen LogP) is 6.55.